The first-order valence-electron chi connectivity index (χ1n) is 2.55. The van der Waals surface area contributed by atoms with Gasteiger partial charge in [0.1, 0.15) is 0 Å². The summed E-state index contributed by atoms with van der Waals surface area (Å²) >= 11 is 0. The van der Waals surface area contributed by atoms with E-state index in [2.05, 4.69) is 0 Å². The summed E-state index contributed by atoms with van der Waals surface area (Å²) in [6.07, 6.45) is 1.72. The molecule has 0 saturated carbocycles. The summed E-state index contributed by atoms with van der Waals surface area (Å²) in [5.41, 5.74) is 0. The van der Waals surface area contributed by atoms with Crippen molar-refractivity contribution in [2.24, 2.45) is 0 Å². The second-order valence-electron chi connectivity index (χ2n) is 1.73. The Kier molecular flexibility index (Phi) is 2.66. The molecule has 0 saturated heterocycles. The largest absolute Gasteiger partial charge is 0.190 e. The maximum Gasteiger partial charge on any atom is 0.000448 e. The van der Waals surface area contributed by atoms with E-state index in [0.717, 1.165) is 0 Å². The van der Waals surface area contributed by atoms with Crippen molar-refractivity contribution >= 4 is 10.4 Å². The lowest BCUT2D eigenvalue weighted by atomic mass is 11.0. The Balaban J connectivity index is 3.36. The van der Waals surface area contributed by atoms with E-state index in [4.69, 9.17) is 0 Å². The SMILES string of the molecule is CCS(C)(F)CC. The summed E-state index contributed by atoms with van der Waals surface area (Å²) in [6.45, 7) is 3.80. The number of halogens is 1. The zero-order valence-corrected chi connectivity index (χ0v) is 6.02. The second-order valence-corrected chi connectivity index (χ2v) is 5.19. The van der Waals surface area contributed by atoms with Crippen LogP contribution >= 0.6 is 10.4 Å². The quantitative estimate of drug-likeness (QED) is 0.530. The average molecular weight is 124 g/mol. The van der Waals surface area contributed by atoms with Crippen molar-refractivity contribution in [2.75, 3.05) is 17.8 Å². The molecule has 0 radical (unpaired) electrons. The molecule has 0 unspecified atom stereocenters. The minimum absolute atomic E-state index is 0.712. The van der Waals surface area contributed by atoms with Crippen LogP contribution in [0.3, 0.4) is 0 Å². The van der Waals surface area contributed by atoms with Crippen LogP contribution in [0.4, 0.5) is 3.89 Å². The monoisotopic (exact) mass is 124 g/mol. The third-order valence-electron chi connectivity index (χ3n) is 1.20. The predicted molar refractivity (Wildman–Crippen MR) is 35.7 cm³/mol. The summed E-state index contributed by atoms with van der Waals surface area (Å²) < 4.78 is 12.6. The fraction of sp³-hybridized carbons (Fsp3) is 1.00. The highest BCUT2D eigenvalue weighted by Gasteiger charge is 2.08. The maximum atomic E-state index is 12.6. The minimum Gasteiger partial charge on any atom is -0.190 e. The molecule has 0 aliphatic heterocycles. The van der Waals surface area contributed by atoms with Crippen LogP contribution in [0.2, 0.25) is 0 Å². The molecule has 0 nitrogen and oxygen atoms in total. The van der Waals surface area contributed by atoms with Crippen molar-refractivity contribution in [1.82, 2.24) is 0 Å². The molecular weight excluding hydrogens is 111 g/mol. The van der Waals surface area contributed by atoms with Gasteiger partial charge in [-0.3, -0.25) is 0 Å². The zero-order chi connectivity index (χ0) is 5.91. The van der Waals surface area contributed by atoms with Gasteiger partial charge >= 0.3 is 0 Å². The Morgan fingerprint density at radius 3 is 1.57 bits per heavy atom. The Bertz CT molecular complexity index is 46.0. The number of rotatable bonds is 2. The van der Waals surface area contributed by atoms with E-state index in [1.807, 2.05) is 13.8 Å². The van der Waals surface area contributed by atoms with Crippen molar-refractivity contribution < 1.29 is 3.89 Å². The zero-order valence-electron chi connectivity index (χ0n) is 5.20. The van der Waals surface area contributed by atoms with Crippen molar-refractivity contribution in [1.29, 1.82) is 0 Å². The second kappa shape index (κ2) is 2.55. The lowest BCUT2D eigenvalue weighted by Crippen LogP contribution is -1.94. The van der Waals surface area contributed by atoms with Gasteiger partial charge in [0.2, 0.25) is 0 Å². The molecule has 0 aromatic carbocycles. The third kappa shape index (κ3) is 2.92. The molecule has 0 aliphatic carbocycles. The van der Waals surface area contributed by atoms with Crippen LogP contribution in [0.1, 0.15) is 13.8 Å². The summed E-state index contributed by atoms with van der Waals surface area (Å²) in [4.78, 5) is 0. The van der Waals surface area contributed by atoms with Gasteiger partial charge in [0.25, 0.3) is 0 Å². The van der Waals surface area contributed by atoms with Gasteiger partial charge in [0, 0.05) is 11.5 Å². The van der Waals surface area contributed by atoms with E-state index in [9.17, 15) is 3.89 Å². The topological polar surface area (TPSA) is 0 Å². The highest BCUT2D eigenvalue weighted by molar-refractivity contribution is 8.28. The van der Waals surface area contributed by atoms with Crippen molar-refractivity contribution in [2.45, 2.75) is 13.8 Å². The molecule has 7 heavy (non-hydrogen) atoms. The van der Waals surface area contributed by atoms with Crippen molar-refractivity contribution in [3.63, 3.8) is 0 Å². The van der Waals surface area contributed by atoms with Gasteiger partial charge < -0.3 is 0 Å². The Hall–Kier alpha value is 0.280. The maximum absolute atomic E-state index is 12.6. The number of hydrogen-bond acceptors (Lipinski definition) is 0. The third-order valence-corrected chi connectivity index (χ3v) is 3.61. The molecular formula is C5H13FS. The highest BCUT2D eigenvalue weighted by Crippen LogP contribution is 2.44. The molecule has 0 heterocycles. The molecule has 0 aromatic heterocycles. The standard InChI is InChI=1S/C5H13FS/c1-4-7(3,6)5-2/h4-5H2,1-3H3. The van der Waals surface area contributed by atoms with Crippen LogP contribution in [-0.2, 0) is 0 Å². The minimum atomic E-state index is -1.66. The van der Waals surface area contributed by atoms with Gasteiger partial charge in [-0.05, 0) is 6.26 Å². The molecule has 0 fully saturated rings. The molecule has 2 heteroatoms. The van der Waals surface area contributed by atoms with Gasteiger partial charge in [0.05, 0.1) is 0 Å². The van der Waals surface area contributed by atoms with E-state index in [-0.39, 0.29) is 0 Å². The molecule has 0 rings (SSSR count). The van der Waals surface area contributed by atoms with Crippen LogP contribution in [0.5, 0.6) is 0 Å². The molecule has 0 aromatic rings. The van der Waals surface area contributed by atoms with E-state index in [0.29, 0.717) is 11.5 Å². The van der Waals surface area contributed by atoms with Gasteiger partial charge in [0.15, 0.2) is 0 Å². The van der Waals surface area contributed by atoms with E-state index in [1.54, 1.807) is 6.26 Å². The highest BCUT2D eigenvalue weighted by atomic mass is 32.3. The molecule has 0 aliphatic rings. The van der Waals surface area contributed by atoms with E-state index >= 15 is 0 Å². The predicted octanol–water partition coefficient (Wildman–Crippen LogP) is 2.35. The lowest BCUT2D eigenvalue weighted by molar-refractivity contribution is 0.889. The van der Waals surface area contributed by atoms with E-state index < -0.39 is 10.4 Å². The molecule has 0 amide bonds. The Morgan fingerprint density at radius 2 is 1.57 bits per heavy atom. The van der Waals surface area contributed by atoms with Crippen LogP contribution in [-0.4, -0.2) is 17.8 Å². The normalized spacial score (nSPS) is 14.3. The summed E-state index contributed by atoms with van der Waals surface area (Å²) in [6, 6.07) is 0. The molecule has 0 atom stereocenters. The van der Waals surface area contributed by atoms with Crippen molar-refractivity contribution in [3.8, 4) is 0 Å². The first-order chi connectivity index (χ1) is 3.12. The fourth-order valence-corrected chi connectivity index (χ4v) is 0.612. The smallest absolute Gasteiger partial charge is 0.000448 e. The summed E-state index contributed by atoms with van der Waals surface area (Å²) in [5.74, 6) is 1.42. The van der Waals surface area contributed by atoms with Gasteiger partial charge in [-0.1, -0.05) is 24.3 Å². The average Bonchev–Trinajstić information content (AvgIpc) is 1.68. The van der Waals surface area contributed by atoms with E-state index in [1.165, 1.54) is 0 Å². The van der Waals surface area contributed by atoms with Crippen LogP contribution < -0.4 is 0 Å². The fourth-order valence-electron chi connectivity index (χ4n) is 0.204. The lowest BCUT2D eigenvalue weighted by Gasteiger charge is -2.20. The first-order valence-corrected chi connectivity index (χ1v) is 4.83. The Morgan fingerprint density at radius 1 is 1.29 bits per heavy atom. The molecule has 46 valence electrons. The summed E-state index contributed by atoms with van der Waals surface area (Å²) in [5, 5.41) is 0. The van der Waals surface area contributed by atoms with Gasteiger partial charge in [-0.25, -0.2) is 0 Å². The van der Waals surface area contributed by atoms with Crippen LogP contribution in [0, 0.1) is 0 Å². The van der Waals surface area contributed by atoms with Crippen molar-refractivity contribution in [3.05, 3.63) is 0 Å². The first kappa shape index (κ1) is 7.28. The van der Waals surface area contributed by atoms with Crippen LogP contribution in [0.25, 0.3) is 0 Å². The number of hydrogen-bond donors (Lipinski definition) is 0. The van der Waals surface area contributed by atoms with Crippen LogP contribution in [0.15, 0.2) is 0 Å². The van der Waals surface area contributed by atoms with Gasteiger partial charge in [-0.2, -0.15) is 3.89 Å². The molecule has 0 N–H and O–H groups in total. The Labute approximate surface area is 46.7 Å². The molecule has 0 bridgehead atoms. The summed E-state index contributed by atoms with van der Waals surface area (Å²) in [7, 11) is -1.66. The molecule has 0 spiro atoms. The van der Waals surface area contributed by atoms with Gasteiger partial charge in [-0.15, -0.1) is 0 Å².